The third-order valence-electron chi connectivity index (χ3n) is 3.69. The first-order valence-electron chi connectivity index (χ1n) is 7.56. The van der Waals surface area contributed by atoms with Crippen molar-refractivity contribution in [2.45, 2.75) is 0 Å². The fraction of sp³-hybridized carbons (Fsp3) is 0.158. The number of nitrogens with zero attached hydrogens (tertiary/aromatic N) is 2. The summed E-state index contributed by atoms with van der Waals surface area (Å²) >= 11 is 6.31. The molecule has 0 amide bonds. The van der Waals surface area contributed by atoms with Gasteiger partial charge in [-0.2, -0.15) is 0 Å². The van der Waals surface area contributed by atoms with E-state index >= 15 is 0 Å². The van der Waals surface area contributed by atoms with Crippen LogP contribution in [-0.2, 0) is 0 Å². The van der Waals surface area contributed by atoms with E-state index in [1.54, 1.807) is 39.5 Å². The highest BCUT2D eigenvalue weighted by Gasteiger charge is 2.11. The van der Waals surface area contributed by atoms with Crippen LogP contribution < -0.4 is 14.2 Å². The van der Waals surface area contributed by atoms with Crippen LogP contribution in [0.3, 0.4) is 0 Å². The molecule has 5 nitrogen and oxygen atoms in total. The summed E-state index contributed by atoms with van der Waals surface area (Å²) in [4.78, 5) is 8.86. The van der Waals surface area contributed by atoms with E-state index < -0.39 is 0 Å². The van der Waals surface area contributed by atoms with Gasteiger partial charge in [-0.25, -0.2) is 9.97 Å². The quantitative estimate of drug-likeness (QED) is 0.631. The molecule has 0 aliphatic rings. The van der Waals surface area contributed by atoms with Gasteiger partial charge in [0.25, 0.3) is 0 Å². The molecule has 0 bridgehead atoms. The third kappa shape index (κ3) is 3.67. The fourth-order valence-electron chi connectivity index (χ4n) is 2.43. The van der Waals surface area contributed by atoms with Gasteiger partial charge < -0.3 is 14.2 Å². The van der Waals surface area contributed by atoms with Crippen LogP contribution in [-0.4, -0.2) is 31.3 Å². The van der Waals surface area contributed by atoms with Crippen LogP contribution in [0.25, 0.3) is 23.1 Å². The molecule has 3 rings (SSSR count). The lowest BCUT2D eigenvalue weighted by molar-refractivity contribution is 0.356. The van der Waals surface area contributed by atoms with Crippen LogP contribution in [0.5, 0.6) is 17.2 Å². The maximum Gasteiger partial charge on any atom is 0.162 e. The van der Waals surface area contributed by atoms with E-state index in [-0.39, 0.29) is 0 Å². The molecule has 1 heterocycles. The number of aromatic nitrogens is 2. The average molecular weight is 357 g/mol. The molecule has 0 saturated heterocycles. The van der Waals surface area contributed by atoms with Gasteiger partial charge in [0.1, 0.15) is 10.9 Å². The molecular formula is C19H17ClN2O3. The Morgan fingerprint density at radius 3 is 2.36 bits per heavy atom. The first-order chi connectivity index (χ1) is 12.1. The van der Waals surface area contributed by atoms with E-state index in [9.17, 15) is 0 Å². The Labute approximate surface area is 150 Å². The third-order valence-corrected chi connectivity index (χ3v) is 3.98. The van der Waals surface area contributed by atoms with Crippen molar-refractivity contribution in [2.75, 3.05) is 21.3 Å². The average Bonchev–Trinajstić information content (AvgIpc) is 2.65. The first kappa shape index (κ1) is 17.0. The van der Waals surface area contributed by atoms with Crippen molar-refractivity contribution < 1.29 is 14.2 Å². The van der Waals surface area contributed by atoms with E-state index in [1.807, 2.05) is 30.3 Å². The van der Waals surface area contributed by atoms with Crippen LogP contribution in [0.4, 0.5) is 0 Å². The normalized spacial score (nSPS) is 11.0. The minimum atomic E-state index is 0.358. The zero-order valence-corrected chi connectivity index (χ0v) is 14.9. The van der Waals surface area contributed by atoms with E-state index in [0.717, 1.165) is 11.3 Å². The van der Waals surface area contributed by atoms with Crippen molar-refractivity contribution in [1.82, 2.24) is 9.97 Å². The Bertz CT molecular complexity index is 941. The van der Waals surface area contributed by atoms with Crippen LogP contribution in [0.1, 0.15) is 11.4 Å². The van der Waals surface area contributed by atoms with Crippen molar-refractivity contribution >= 4 is 34.7 Å². The highest BCUT2D eigenvalue weighted by Crippen LogP contribution is 2.34. The summed E-state index contributed by atoms with van der Waals surface area (Å²) in [7, 11) is 4.79. The molecule has 0 fully saturated rings. The Balaban J connectivity index is 2.00. The number of hydrogen-bond acceptors (Lipinski definition) is 5. The zero-order valence-electron chi connectivity index (χ0n) is 14.1. The van der Waals surface area contributed by atoms with Crippen molar-refractivity contribution in [3.8, 4) is 17.2 Å². The number of halogens is 1. The summed E-state index contributed by atoms with van der Waals surface area (Å²) in [5.74, 6) is 2.47. The van der Waals surface area contributed by atoms with E-state index in [0.29, 0.717) is 33.4 Å². The van der Waals surface area contributed by atoms with Gasteiger partial charge in [0.15, 0.2) is 17.3 Å². The highest BCUT2D eigenvalue weighted by atomic mass is 35.5. The standard InChI is InChI=1S/C19H17ClN2O3/c1-23-13-6-4-5-12(9-13)7-8-18-21-15-11-17(25-3)16(24-2)10-14(15)19(20)22-18/h4-11H,1-3H3/b8-7+. The van der Waals surface area contributed by atoms with Gasteiger partial charge in [0.2, 0.25) is 0 Å². The van der Waals surface area contributed by atoms with E-state index in [2.05, 4.69) is 9.97 Å². The number of fused-ring (bicyclic) bond motifs is 1. The molecule has 0 unspecified atom stereocenters. The van der Waals surface area contributed by atoms with Crippen molar-refractivity contribution in [2.24, 2.45) is 0 Å². The van der Waals surface area contributed by atoms with Crippen LogP contribution in [0.15, 0.2) is 36.4 Å². The molecule has 25 heavy (non-hydrogen) atoms. The van der Waals surface area contributed by atoms with Crippen LogP contribution >= 0.6 is 11.6 Å². The van der Waals surface area contributed by atoms with Crippen LogP contribution in [0, 0.1) is 0 Å². The van der Waals surface area contributed by atoms with E-state index in [4.69, 9.17) is 25.8 Å². The van der Waals surface area contributed by atoms with Crippen molar-refractivity contribution in [1.29, 1.82) is 0 Å². The van der Waals surface area contributed by atoms with Crippen LogP contribution in [0.2, 0.25) is 5.15 Å². The minimum absolute atomic E-state index is 0.358. The maximum absolute atomic E-state index is 6.31. The Morgan fingerprint density at radius 1 is 0.880 bits per heavy atom. The maximum atomic E-state index is 6.31. The molecule has 1 aromatic heterocycles. The highest BCUT2D eigenvalue weighted by molar-refractivity contribution is 6.34. The molecule has 0 spiro atoms. The Morgan fingerprint density at radius 2 is 1.64 bits per heavy atom. The number of hydrogen-bond donors (Lipinski definition) is 0. The SMILES string of the molecule is COc1cccc(/C=C/c2nc(Cl)c3cc(OC)c(OC)cc3n2)c1. The molecule has 0 atom stereocenters. The van der Waals surface area contributed by atoms with Gasteiger partial charge >= 0.3 is 0 Å². The summed E-state index contributed by atoms with van der Waals surface area (Å²) in [6.45, 7) is 0. The lowest BCUT2D eigenvalue weighted by atomic mass is 10.2. The molecule has 2 aromatic carbocycles. The topological polar surface area (TPSA) is 53.5 Å². The second-order valence-electron chi connectivity index (χ2n) is 5.21. The number of benzene rings is 2. The number of rotatable bonds is 5. The molecule has 0 N–H and O–H groups in total. The van der Waals surface area contributed by atoms with Gasteiger partial charge in [-0.05, 0) is 29.8 Å². The molecule has 0 saturated carbocycles. The van der Waals surface area contributed by atoms with Gasteiger partial charge in [-0.15, -0.1) is 0 Å². The minimum Gasteiger partial charge on any atom is -0.497 e. The molecule has 0 aliphatic heterocycles. The molecular weight excluding hydrogens is 340 g/mol. The summed E-state index contributed by atoms with van der Waals surface area (Å²) in [5.41, 5.74) is 1.66. The first-order valence-corrected chi connectivity index (χ1v) is 7.94. The second kappa shape index (κ2) is 7.40. The Hall–Kier alpha value is -2.79. The van der Waals surface area contributed by atoms with Gasteiger partial charge in [-0.3, -0.25) is 0 Å². The summed E-state index contributed by atoms with van der Waals surface area (Å²) in [6.07, 6.45) is 3.71. The molecule has 6 heteroatoms. The van der Waals surface area contributed by atoms with Gasteiger partial charge in [0.05, 0.1) is 26.8 Å². The molecule has 0 radical (unpaired) electrons. The van der Waals surface area contributed by atoms with Gasteiger partial charge in [0, 0.05) is 11.5 Å². The smallest absolute Gasteiger partial charge is 0.162 e. The number of methoxy groups -OCH3 is 3. The molecule has 3 aromatic rings. The molecule has 128 valence electrons. The number of ether oxygens (including phenoxy) is 3. The monoisotopic (exact) mass is 356 g/mol. The second-order valence-corrected chi connectivity index (χ2v) is 5.56. The predicted molar refractivity (Wildman–Crippen MR) is 99.6 cm³/mol. The summed E-state index contributed by atoms with van der Waals surface area (Å²) in [5, 5.41) is 1.06. The van der Waals surface area contributed by atoms with E-state index in [1.165, 1.54) is 0 Å². The predicted octanol–water partition coefficient (Wildman–Crippen LogP) is 4.48. The fourth-order valence-corrected chi connectivity index (χ4v) is 2.66. The lowest BCUT2D eigenvalue weighted by Gasteiger charge is -2.09. The summed E-state index contributed by atoms with van der Waals surface area (Å²) in [6, 6.07) is 11.3. The van der Waals surface area contributed by atoms with Gasteiger partial charge in [-0.1, -0.05) is 29.8 Å². The zero-order chi connectivity index (χ0) is 17.8. The van der Waals surface area contributed by atoms with Crippen molar-refractivity contribution in [3.05, 3.63) is 52.9 Å². The lowest BCUT2D eigenvalue weighted by Crippen LogP contribution is -1.95. The largest absolute Gasteiger partial charge is 0.497 e. The molecule has 0 aliphatic carbocycles. The summed E-state index contributed by atoms with van der Waals surface area (Å²) < 4.78 is 15.8. The van der Waals surface area contributed by atoms with Crippen molar-refractivity contribution in [3.63, 3.8) is 0 Å². The Kier molecular flexibility index (Phi) is 5.05.